The Kier molecular flexibility index (Phi) is 3.37. The minimum absolute atomic E-state index is 0.0345. The van der Waals surface area contributed by atoms with Crippen molar-refractivity contribution in [2.45, 2.75) is 19.9 Å². The van der Waals surface area contributed by atoms with E-state index in [1.807, 2.05) is 31.3 Å². The number of nitrogens with zero attached hydrogens (tertiary/aromatic N) is 2. The summed E-state index contributed by atoms with van der Waals surface area (Å²) in [7, 11) is 2.01. The van der Waals surface area contributed by atoms with Crippen LogP contribution in [0.4, 0.5) is 10.1 Å². The molecule has 4 heteroatoms. The minimum Gasteiger partial charge on any atom is -0.375 e. The first-order chi connectivity index (χ1) is 10.1. The Labute approximate surface area is 123 Å². The summed E-state index contributed by atoms with van der Waals surface area (Å²) < 4.78 is 15.4. The van der Waals surface area contributed by atoms with Crippen molar-refractivity contribution in [3.05, 3.63) is 59.7 Å². The third-order valence-electron chi connectivity index (χ3n) is 3.75. The first-order valence-electron chi connectivity index (χ1n) is 7.00. The maximum Gasteiger partial charge on any atom is 0.131 e. The molecular formula is C17H18FN3. The van der Waals surface area contributed by atoms with Crippen LogP contribution in [-0.2, 0) is 7.05 Å². The summed E-state index contributed by atoms with van der Waals surface area (Å²) in [5.41, 5.74) is 3.63. The molecule has 0 saturated carbocycles. The van der Waals surface area contributed by atoms with Gasteiger partial charge in [-0.05, 0) is 49.7 Å². The predicted molar refractivity (Wildman–Crippen MR) is 83.9 cm³/mol. The van der Waals surface area contributed by atoms with Gasteiger partial charge in [0.05, 0.1) is 17.1 Å². The molecule has 2 aromatic carbocycles. The smallest absolute Gasteiger partial charge is 0.131 e. The van der Waals surface area contributed by atoms with Crippen LogP contribution in [0.1, 0.15) is 24.4 Å². The SMILES string of the molecule is Cc1cc(NC(C)c2nc3ccccc3n2C)ccc1F. The lowest BCUT2D eigenvalue weighted by Gasteiger charge is -2.15. The van der Waals surface area contributed by atoms with Crippen molar-refractivity contribution in [1.82, 2.24) is 9.55 Å². The maximum atomic E-state index is 13.3. The molecule has 3 aromatic rings. The number of anilines is 1. The summed E-state index contributed by atoms with van der Waals surface area (Å²) in [6.07, 6.45) is 0. The molecular weight excluding hydrogens is 265 g/mol. The molecule has 1 atom stereocenters. The standard InChI is InChI=1S/C17H18FN3/c1-11-10-13(8-9-14(11)18)19-12(2)17-20-15-6-4-5-7-16(15)21(17)3/h4-10,12,19H,1-3H3. The van der Waals surface area contributed by atoms with Crippen LogP contribution in [0.25, 0.3) is 11.0 Å². The Hall–Kier alpha value is -2.36. The van der Waals surface area contributed by atoms with Gasteiger partial charge in [0.15, 0.2) is 0 Å². The van der Waals surface area contributed by atoms with Gasteiger partial charge in [0.2, 0.25) is 0 Å². The molecule has 0 aliphatic heterocycles. The average molecular weight is 283 g/mol. The zero-order chi connectivity index (χ0) is 15.0. The molecule has 1 heterocycles. The molecule has 3 nitrogen and oxygen atoms in total. The molecule has 0 amide bonds. The Bertz CT molecular complexity index is 792. The average Bonchev–Trinajstić information content (AvgIpc) is 2.81. The van der Waals surface area contributed by atoms with Crippen molar-refractivity contribution < 1.29 is 4.39 Å². The van der Waals surface area contributed by atoms with E-state index in [0.717, 1.165) is 22.5 Å². The number of benzene rings is 2. The fraction of sp³-hybridized carbons (Fsp3) is 0.235. The minimum atomic E-state index is -0.184. The number of imidazole rings is 1. The van der Waals surface area contributed by atoms with E-state index >= 15 is 0 Å². The molecule has 1 N–H and O–H groups in total. The number of halogens is 1. The second kappa shape index (κ2) is 5.20. The zero-order valence-corrected chi connectivity index (χ0v) is 12.4. The van der Waals surface area contributed by atoms with Gasteiger partial charge in [0.1, 0.15) is 11.6 Å². The number of aryl methyl sites for hydroxylation is 2. The van der Waals surface area contributed by atoms with Crippen LogP contribution < -0.4 is 5.32 Å². The Balaban J connectivity index is 1.91. The summed E-state index contributed by atoms with van der Waals surface area (Å²) in [6, 6.07) is 13.1. The number of aromatic nitrogens is 2. The molecule has 0 bridgehead atoms. The zero-order valence-electron chi connectivity index (χ0n) is 12.4. The molecule has 3 rings (SSSR count). The lowest BCUT2D eigenvalue weighted by atomic mass is 10.2. The first-order valence-corrected chi connectivity index (χ1v) is 7.00. The van der Waals surface area contributed by atoms with Gasteiger partial charge in [-0.2, -0.15) is 0 Å². The van der Waals surface area contributed by atoms with E-state index in [2.05, 4.69) is 27.9 Å². The lowest BCUT2D eigenvalue weighted by molar-refractivity contribution is 0.618. The Morgan fingerprint density at radius 1 is 1.19 bits per heavy atom. The van der Waals surface area contributed by atoms with E-state index < -0.39 is 0 Å². The molecule has 0 spiro atoms. The van der Waals surface area contributed by atoms with E-state index in [1.54, 1.807) is 13.0 Å². The lowest BCUT2D eigenvalue weighted by Crippen LogP contribution is -2.12. The molecule has 1 unspecified atom stereocenters. The largest absolute Gasteiger partial charge is 0.375 e. The van der Waals surface area contributed by atoms with Crippen molar-refractivity contribution in [2.24, 2.45) is 7.05 Å². The van der Waals surface area contributed by atoms with Crippen molar-refractivity contribution in [3.63, 3.8) is 0 Å². The van der Waals surface area contributed by atoms with Crippen molar-refractivity contribution in [2.75, 3.05) is 5.32 Å². The fourth-order valence-electron chi connectivity index (χ4n) is 2.60. The summed E-state index contributed by atoms with van der Waals surface area (Å²) in [4.78, 5) is 4.67. The third-order valence-corrected chi connectivity index (χ3v) is 3.75. The topological polar surface area (TPSA) is 29.9 Å². The summed E-state index contributed by atoms with van der Waals surface area (Å²) in [5.74, 6) is 0.772. The molecule has 21 heavy (non-hydrogen) atoms. The van der Waals surface area contributed by atoms with Crippen LogP contribution in [0.3, 0.4) is 0 Å². The Morgan fingerprint density at radius 3 is 2.67 bits per heavy atom. The fourth-order valence-corrected chi connectivity index (χ4v) is 2.60. The van der Waals surface area contributed by atoms with E-state index in [4.69, 9.17) is 0 Å². The number of fused-ring (bicyclic) bond motifs is 1. The highest BCUT2D eigenvalue weighted by molar-refractivity contribution is 5.76. The highest BCUT2D eigenvalue weighted by atomic mass is 19.1. The van der Waals surface area contributed by atoms with Crippen LogP contribution in [0, 0.1) is 12.7 Å². The van der Waals surface area contributed by atoms with Gasteiger partial charge in [0.25, 0.3) is 0 Å². The molecule has 1 aromatic heterocycles. The summed E-state index contributed by atoms with van der Waals surface area (Å²) in [6.45, 7) is 3.82. The number of para-hydroxylation sites is 2. The molecule has 0 saturated heterocycles. The van der Waals surface area contributed by atoms with Gasteiger partial charge in [0, 0.05) is 12.7 Å². The number of rotatable bonds is 3. The molecule has 108 valence electrons. The molecule has 0 aliphatic rings. The van der Waals surface area contributed by atoms with Gasteiger partial charge in [-0.15, -0.1) is 0 Å². The van der Waals surface area contributed by atoms with Crippen LogP contribution in [0.2, 0.25) is 0 Å². The van der Waals surface area contributed by atoms with Crippen molar-refractivity contribution in [3.8, 4) is 0 Å². The van der Waals surface area contributed by atoms with Gasteiger partial charge in [-0.25, -0.2) is 9.37 Å². The first kappa shape index (κ1) is 13.6. The second-order valence-electron chi connectivity index (χ2n) is 5.35. The molecule has 0 radical (unpaired) electrons. The van der Waals surface area contributed by atoms with Crippen molar-refractivity contribution >= 4 is 16.7 Å². The monoisotopic (exact) mass is 283 g/mol. The summed E-state index contributed by atoms with van der Waals surface area (Å²) in [5, 5.41) is 3.38. The van der Waals surface area contributed by atoms with Gasteiger partial charge < -0.3 is 9.88 Å². The highest BCUT2D eigenvalue weighted by Crippen LogP contribution is 2.23. The van der Waals surface area contributed by atoms with Crippen LogP contribution in [0.5, 0.6) is 0 Å². The molecule has 0 fully saturated rings. The van der Waals surface area contributed by atoms with Crippen LogP contribution in [0.15, 0.2) is 42.5 Å². The van der Waals surface area contributed by atoms with Gasteiger partial charge >= 0.3 is 0 Å². The number of hydrogen-bond donors (Lipinski definition) is 1. The maximum absolute atomic E-state index is 13.3. The normalized spacial score (nSPS) is 12.6. The van der Waals surface area contributed by atoms with Gasteiger partial charge in [-0.3, -0.25) is 0 Å². The number of hydrogen-bond acceptors (Lipinski definition) is 2. The van der Waals surface area contributed by atoms with Crippen LogP contribution >= 0.6 is 0 Å². The van der Waals surface area contributed by atoms with E-state index in [0.29, 0.717) is 5.56 Å². The van der Waals surface area contributed by atoms with Crippen LogP contribution in [-0.4, -0.2) is 9.55 Å². The van der Waals surface area contributed by atoms with E-state index in [9.17, 15) is 4.39 Å². The highest BCUT2D eigenvalue weighted by Gasteiger charge is 2.14. The van der Waals surface area contributed by atoms with E-state index in [1.165, 1.54) is 6.07 Å². The second-order valence-corrected chi connectivity index (χ2v) is 5.35. The quantitative estimate of drug-likeness (QED) is 0.781. The third kappa shape index (κ3) is 2.49. The molecule has 0 aliphatic carbocycles. The van der Waals surface area contributed by atoms with Gasteiger partial charge in [-0.1, -0.05) is 12.1 Å². The Morgan fingerprint density at radius 2 is 1.95 bits per heavy atom. The van der Waals surface area contributed by atoms with E-state index in [-0.39, 0.29) is 11.9 Å². The van der Waals surface area contributed by atoms with Crippen molar-refractivity contribution in [1.29, 1.82) is 0 Å². The number of nitrogens with one attached hydrogen (secondary N) is 1. The predicted octanol–water partition coefficient (Wildman–Crippen LogP) is 4.19. The summed E-state index contributed by atoms with van der Waals surface area (Å²) >= 11 is 0.